The first-order valence-corrected chi connectivity index (χ1v) is 16.1. The van der Waals surface area contributed by atoms with Gasteiger partial charge in [0.15, 0.2) is 0 Å². The number of nitrogens with zero attached hydrogens (tertiary/aromatic N) is 2. The fourth-order valence-electron chi connectivity index (χ4n) is 6.71. The van der Waals surface area contributed by atoms with E-state index in [1.165, 1.54) is 43.6 Å². The van der Waals surface area contributed by atoms with Crippen LogP contribution in [-0.4, -0.2) is 9.13 Å². The van der Waals surface area contributed by atoms with Crippen LogP contribution in [0.15, 0.2) is 170 Å². The summed E-state index contributed by atoms with van der Waals surface area (Å²) in [4.78, 5) is 0. The topological polar surface area (TPSA) is 9.86 Å². The van der Waals surface area contributed by atoms with Gasteiger partial charge >= 0.3 is 0 Å². The van der Waals surface area contributed by atoms with Gasteiger partial charge in [-0.15, -0.1) is 0 Å². The van der Waals surface area contributed by atoms with E-state index in [0.717, 1.165) is 33.6 Å². The Labute approximate surface area is 279 Å². The Morgan fingerprint density at radius 3 is 0.750 bits per heavy atom. The van der Waals surface area contributed by atoms with E-state index in [0.29, 0.717) is 0 Å². The zero-order valence-corrected chi connectivity index (χ0v) is 26.1. The number of para-hydroxylation sites is 4. The van der Waals surface area contributed by atoms with Gasteiger partial charge in [-0.05, 0) is 97.1 Å². The third-order valence-corrected chi connectivity index (χ3v) is 9.00. The highest BCUT2D eigenvalue weighted by atomic mass is 15.0. The van der Waals surface area contributed by atoms with Crippen molar-refractivity contribution in [2.24, 2.45) is 0 Å². The molecule has 48 heavy (non-hydrogen) atoms. The van der Waals surface area contributed by atoms with Crippen molar-refractivity contribution in [3.05, 3.63) is 192 Å². The van der Waals surface area contributed by atoms with E-state index < -0.39 is 0 Å². The number of hydrogen-bond acceptors (Lipinski definition) is 0. The molecule has 0 spiro atoms. The van der Waals surface area contributed by atoms with Gasteiger partial charge < -0.3 is 9.13 Å². The highest BCUT2D eigenvalue weighted by Crippen LogP contribution is 2.33. The second-order valence-electron chi connectivity index (χ2n) is 11.9. The van der Waals surface area contributed by atoms with Gasteiger partial charge in [0.2, 0.25) is 0 Å². The summed E-state index contributed by atoms with van der Waals surface area (Å²) in [5, 5.41) is 5.05. The fraction of sp³-hybridized carbons (Fsp3) is 0. The van der Waals surface area contributed by atoms with E-state index in [1.807, 2.05) is 24.3 Å². The van der Waals surface area contributed by atoms with Crippen LogP contribution in [0.1, 0.15) is 22.3 Å². The molecule has 7 aromatic carbocycles. The molecule has 0 bridgehead atoms. The lowest BCUT2D eigenvalue weighted by Gasteiger charge is -2.07. The van der Waals surface area contributed by atoms with Crippen molar-refractivity contribution in [2.45, 2.75) is 0 Å². The molecule has 0 aliphatic carbocycles. The van der Waals surface area contributed by atoms with Crippen molar-refractivity contribution in [3.63, 3.8) is 0 Å². The number of hydrogen-bond donors (Lipinski definition) is 0. The van der Waals surface area contributed by atoms with Gasteiger partial charge in [0, 0.05) is 55.2 Å². The summed E-state index contributed by atoms with van der Waals surface area (Å²) in [7, 11) is 0. The number of benzene rings is 7. The van der Waals surface area contributed by atoms with E-state index in [-0.39, 0.29) is 0 Å². The zero-order valence-electron chi connectivity index (χ0n) is 26.1. The Morgan fingerprint density at radius 1 is 0.250 bits per heavy atom. The molecule has 0 atom stereocenters. The summed E-state index contributed by atoms with van der Waals surface area (Å²) in [5.41, 5.74) is 11.0. The normalized spacial score (nSPS) is 11.0. The molecule has 0 fully saturated rings. The highest BCUT2D eigenvalue weighted by molar-refractivity contribution is 6.10. The van der Waals surface area contributed by atoms with Crippen molar-refractivity contribution >= 4 is 43.6 Å². The van der Waals surface area contributed by atoms with Crippen LogP contribution in [0.4, 0.5) is 0 Å². The molecule has 0 aliphatic heterocycles. The Balaban J connectivity index is 0.923. The Hall–Kier alpha value is -6.74. The first kappa shape index (κ1) is 27.6. The van der Waals surface area contributed by atoms with Crippen LogP contribution in [0.25, 0.3) is 55.0 Å². The minimum atomic E-state index is 0.961. The third kappa shape index (κ3) is 4.81. The molecule has 2 nitrogen and oxygen atoms in total. The molecule has 9 rings (SSSR count). The molecule has 2 heterocycles. The monoisotopic (exact) mass is 608 g/mol. The molecule has 2 heteroatoms. The van der Waals surface area contributed by atoms with Crippen LogP contribution in [0, 0.1) is 23.7 Å². The van der Waals surface area contributed by atoms with Gasteiger partial charge in [0.1, 0.15) is 0 Å². The predicted octanol–water partition coefficient (Wildman–Crippen LogP) is 10.7. The molecule has 222 valence electrons. The maximum absolute atomic E-state index is 3.33. The molecule has 0 N–H and O–H groups in total. The molecule has 0 unspecified atom stereocenters. The highest BCUT2D eigenvalue weighted by Gasteiger charge is 2.12. The molecular formula is C46H28N2. The third-order valence-electron chi connectivity index (χ3n) is 9.00. The average Bonchev–Trinajstić information content (AvgIpc) is 3.67. The first-order chi connectivity index (χ1) is 23.8. The van der Waals surface area contributed by atoms with Crippen LogP contribution in [0.5, 0.6) is 0 Å². The summed E-state index contributed by atoms with van der Waals surface area (Å²) in [6.45, 7) is 0. The van der Waals surface area contributed by atoms with Crippen LogP contribution in [0.2, 0.25) is 0 Å². The zero-order chi connectivity index (χ0) is 31.9. The predicted molar refractivity (Wildman–Crippen MR) is 200 cm³/mol. The fourth-order valence-corrected chi connectivity index (χ4v) is 6.71. The molecule has 2 aromatic heterocycles. The molecule has 0 radical (unpaired) electrons. The van der Waals surface area contributed by atoms with Crippen LogP contribution >= 0.6 is 0 Å². The largest absolute Gasteiger partial charge is 0.309 e. The molecule has 0 saturated carbocycles. The lowest BCUT2D eigenvalue weighted by Crippen LogP contribution is -1.93. The standard InChI is InChI=1S/C46H28N2/c1-5-13-43-39(9-1)40-10-2-6-14-44(40)47(43)37-29-25-35(26-30-37)23-21-33-17-19-34(20-18-33)22-24-36-27-31-38(32-28-36)48-45-15-7-3-11-41(45)42-12-4-8-16-46(42)48/h1-20,25-32H. The van der Waals surface area contributed by atoms with Crippen LogP contribution in [-0.2, 0) is 0 Å². The van der Waals surface area contributed by atoms with Gasteiger partial charge in [-0.1, -0.05) is 96.5 Å². The van der Waals surface area contributed by atoms with Gasteiger partial charge in [-0.25, -0.2) is 0 Å². The van der Waals surface area contributed by atoms with Gasteiger partial charge in [0.25, 0.3) is 0 Å². The van der Waals surface area contributed by atoms with Crippen molar-refractivity contribution in [2.75, 3.05) is 0 Å². The molecule has 0 amide bonds. The molecular weight excluding hydrogens is 581 g/mol. The second kappa shape index (κ2) is 11.6. The Bertz CT molecular complexity index is 2450. The summed E-state index contributed by atoms with van der Waals surface area (Å²) >= 11 is 0. The second-order valence-corrected chi connectivity index (χ2v) is 11.9. The quantitative estimate of drug-likeness (QED) is 0.173. The van der Waals surface area contributed by atoms with E-state index in [2.05, 4.69) is 178 Å². The lowest BCUT2D eigenvalue weighted by atomic mass is 10.1. The maximum atomic E-state index is 3.33. The van der Waals surface area contributed by atoms with E-state index in [1.54, 1.807) is 0 Å². The van der Waals surface area contributed by atoms with Gasteiger partial charge in [0.05, 0.1) is 22.1 Å². The summed E-state index contributed by atoms with van der Waals surface area (Å²) < 4.78 is 4.64. The molecule has 9 aromatic rings. The van der Waals surface area contributed by atoms with Crippen molar-refractivity contribution in [1.82, 2.24) is 9.13 Å². The molecule has 0 saturated heterocycles. The van der Waals surface area contributed by atoms with E-state index >= 15 is 0 Å². The van der Waals surface area contributed by atoms with E-state index in [4.69, 9.17) is 0 Å². The summed E-state index contributed by atoms with van der Waals surface area (Å²) in [5.74, 6) is 13.3. The smallest absolute Gasteiger partial charge is 0.0541 e. The number of fused-ring (bicyclic) bond motifs is 6. The first-order valence-electron chi connectivity index (χ1n) is 16.1. The van der Waals surface area contributed by atoms with Crippen LogP contribution in [0.3, 0.4) is 0 Å². The minimum absolute atomic E-state index is 0.961. The minimum Gasteiger partial charge on any atom is -0.309 e. The van der Waals surface area contributed by atoms with Crippen molar-refractivity contribution in [1.29, 1.82) is 0 Å². The lowest BCUT2D eigenvalue weighted by molar-refractivity contribution is 1.18. The number of aromatic nitrogens is 2. The number of rotatable bonds is 2. The van der Waals surface area contributed by atoms with Crippen molar-refractivity contribution in [3.8, 4) is 35.1 Å². The van der Waals surface area contributed by atoms with Crippen LogP contribution < -0.4 is 0 Å². The molecule has 0 aliphatic rings. The average molecular weight is 609 g/mol. The Kier molecular flexibility index (Phi) is 6.64. The van der Waals surface area contributed by atoms with Gasteiger partial charge in [-0.3, -0.25) is 0 Å². The Morgan fingerprint density at radius 2 is 0.479 bits per heavy atom. The maximum Gasteiger partial charge on any atom is 0.0541 e. The SMILES string of the molecule is C(#Cc1ccc(-n2c3ccccc3c3ccccc32)cc1)c1ccc(C#Cc2ccc(-n3c4ccccc4c4ccccc43)cc2)cc1. The van der Waals surface area contributed by atoms with E-state index in [9.17, 15) is 0 Å². The van der Waals surface area contributed by atoms with Crippen molar-refractivity contribution < 1.29 is 0 Å². The summed E-state index contributed by atoms with van der Waals surface area (Å²) in [6.07, 6.45) is 0. The van der Waals surface area contributed by atoms with Gasteiger partial charge in [-0.2, -0.15) is 0 Å². The summed E-state index contributed by atoms with van der Waals surface area (Å²) in [6, 6.07) is 59.4.